The van der Waals surface area contributed by atoms with Gasteiger partial charge < -0.3 is 14.8 Å². The monoisotopic (exact) mass is 410 g/mol. The molecule has 1 aliphatic rings. The van der Waals surface area contributed by atoms with Gasteiger partial charge in [-0.25, -0.2) is 8.42 Å². The minimum absolute atomic E-state index is 0.0654. The molecule has 0 atom stereocenters. The number of hydrogen-bond acceptors (Lipinski definition) is 6. The molecule has 0 bridgehead atoms. The zero-order valence-corrected chi connectivity index (χ0v) is 17.0. The molecule has 1 heterocycles. The molecule has 1 fully saturated rings. The lowest BCUT2D eigenvalue weighted by Gasteiger charge is -2.26. The van der Waals surface area contributed by atoms with Crippen LogP contribution >= 0.6 is 0 Å². The van der Waals surface area contributed by atoms with Crippen molar-refractivity contribution in [1.29, 1.82) is 0 Å². The number of piperidine rings is 1. The second-order valence-electron chi connectivity index (χ2n) is 6.85. The number of aryl methyl sites for hydroxylation is 1. The van der Waals surface area contributed by atoms with Crippen LogP contribution in [-0.2, 0) is 29.1 Å². The number of carbonyl (C=O) groups excluding carboxylic acids is 3. The third-order valence-corrected chi connectivity index (χ3v) is 6.38. The van der Waals surface area contributed by atoms with Crippen molar-refractivity contribution in [2.75, 3.05) is 25.0 Å². The summed E-state index contributed by atoms with van der Waals surface area (Å²) in [7, 11) is -3.61. The molecule has 0 aliphatic carbocycles. The number of anilines is 1. The summed E-state index contributed by atoms with van der Waals surface area (Å²) < 4.78 is 31.9. The molecule has 28 heavy (non-hydrogen) atoms. The van der Waals surface area contributed by atoms with E-state index in [1.165, 1.54) is 23.4 Å². The number of esters is 1. The van der Waals surface area contributed by atoms with Crippen molar-refractivity contribution < 1.29 is 27.5 Å². The Kier molecular flexibility index (Phi) is 7.70. The number of carbonyl (C=O) groups is 3. The lowest BCUT2D eigenvalue weighted by atomic mass is 10.2. The van der Waals surface area contributed by atoms with Crippen molar-refractivity contribution in [2.45, 2.75) is 50.8 Å². The molecule has 1 aromatic rings. The molecule has 1 aliphatic heterocycles. The summed E-state index contributed by atoms with van der Waals surface area (Å²) in [6, 6.07) is 4.58. The number of rotatable bonds is 8. The summed E-state index contributed by atoms with van der Waals surface area (Å²) in [6.07, 6.45) is 2.68. The van der Waals surface area contributed by atoms with Crippen molar-refractivity contribution in [3.05, 3.63) is 23.8 Å². The predicted molar refractivity (Wildman–Crippen MR) is 103 cm³/mol. The highest BCUT2D eigenvalue weighted by Gasteiger charge is 2.26. The van der Waals surface area contributed by atoms with Crippen molar-refractivity contribution in [1.82, 2.24) is 4.31 Å². The van der Waals surface area contributed by atoms with Gasteiger partial charge in [-0.2, -0.15) is 4.31 Å². The molecule has 1 saturated heterocycles. The van der Waals surface area contributed by atoms with Gasteiger partial charge in [0.25, 0.3) is 5.91 Å². The fraction of sp³-hybridized carbons (Fsp3) is 0.526. The van der Waals surface area contributed by atoms with E-state index in [0.717, 1.165) is 19.3 Å². The number of benzene rings is 1. The van der Waals surface area contributed by atoms with E-state index >= 15 is 0 Å². The Hall–Kier alpha value is -2.26. The van der Waals surface area contributed by atoms with Gasteiger partial charge >= 0.3 is 5.97 Å². The maximum Gasteiger partial charge on any atom is 0.306 e. The number of ether oxygens (including phenoxy) is 1. The average molecular weight is 410 g/mol. The van der Waals surface area contributed by atoms with Crippen LogP contribution in [0.1, 0.15) is 44.6 Å². The van der Waals surface area contributed by atoms with Crippen molar-refractivity contribution >= 4 is 33.4 Å². The van der Waals surface area contributed by atoms with Gasteiger partial charge in [0.15, 0.2) is 6.61 Å². The van der Waals surface area contributed by atoms with E-state index < -0.39 is 28.5 Å². The van der Waals surface area contributed by atoms with E-state index in [1.807, 2.05) is 0 Å². The van der Waals surface area contributed by atoms with E-state index in [-0.39, 0.29) is 23.5 Å². The highest BCUT2D eigenvalue weighted by Crippen LogP contribution is 2.25. The van der Waals surface area contributed by atoms with E-state index in [0.29, 0.717) is 24.3 Å². The fourth-order valence-corrected chi connectivity index (χ4v) is 4.38. The molecule has 1 amide bonds. The summed E-state index contributed by atoms with van der Waals surface area (Å²) in [5, 5.41) is 2.58. The van der Waals surface area contributed by atoms with Crippen LogP contribution in [0.5, 0.6) is 0 Å². The Balaban J connectivity index is 2.01. The molecule has 2 rings (SSSR count). The predicted octanol–water partition coefficient (Wildman–Crippen LogP) is 2.02. The van der Waals surface area contributed by atoms with Crippen LogP contribution in [-0.4, -0.2) is 50.1 Å². The smallest absolute Gasteiger partial charge is 0.306 e. The Labute approximate surface area is 165 Å². The largest absolute Gasteiger partial charge is 0.456 e. The number of Topliss-reactive ketones (excluding diaryl/α,β-unsaturated/α-hetero) is 1. The van der Waals surface area contributed by atoms with Gasteiger partial charge in [-0.05, 0) is 44.4 Å². The zero-order valence-electron chi connectivity index (χ0n) is 16.2. The normalized spacial score (nSPS) is 15.1. The molecule has 0 spiro atoms. The summed E-state index contributed by atoms with van der Waals surface area (Å²) >= 11 is 0. The summed E-state index contributed by atoms with van der Waals surface area (Å²) in [5.41, 5.74) is 1.04. The van der Waals surface area contributed by atoms with Crippen LogP contribution in [0.25, 0.3) is 0 Å². The third kappa shape index (κ3) is 6.13. The van der Waals surface area contributed by atoms with Gasteiger partial charge in [0.05, 0.1) is 11.3 Å². The van der Waals surface area contributed by atoms with Crippen LogP contribution < -0.4 is 5.32 Å². The number of sulfonamides is 1. The average Bonchev–Trinajstić information content (AvgIpc) is 2.67. The summed E-state index contributed by atoms with van der Waals surface area (Å²) in [5.74, 6) is -1.35. The first-order valence-corrected chi connectivity index (χ1v) is 10.7. The van der Waals surface area contributed by atoms with Crippen LogP contribution in [0.3, 0.4) is 0 Å². The number of hydrogen-bond donors (Lipinski definition) is 1. The van der Waals surface area contributed by atoms with Gasteiger partial charge in [0.1, 0.15) is 5.78 Å². The van der Waals surface area contributed by atoms with Gasteiger partial charge in [-0.15, -0.1) is 0 Å². The number of nitrogens with zero attached hydrogens (tertiary/aromatic N) is 1. The molecule has 154 valence electrons. The van der Waals surface area contributed by atoms with Crippen LogP contribution in [0.2, 0.25) is 0 Å². The van der Waals surface area contributed by atoms with Crippen LogP contribution in [0, 0.1) is 6.92 Å². The Bertz CT molecular complexity index is 844. The maximum atomic E-state index is 12.8. The molecule has 0 unspecified atom stereocenters. The molecule has 1 N–H and O–H groups in total. The number of ketones is 1. The lowest BCUT2D eigenvalue weighted by molar-refractivity contribution is -0.148. The van der Waals surface area contributed by atoms with Gasteiger partial charge in [-0.1, -0.05) is 12.5 Å². The quantitative estimate of drug-likeness (QED) is 0.657. The SMILES string of the molecule is CC(=O)CCC(=O)OCC(=O)Nc1cc(S(=O)(=O)N2CCCCC2)ccc1C. The van der Waals surface area contributed by atoms with Crippen LogP contribution in [0.4, 0.5) is 5.69 Å². The Morgan fingerprint density at radius 2 is 1.79 bits per heavy atom. The second-order valence-corrected chi connectivity index (χ2v) is 8.79. The van der Waals surface area contributed by atoms with E-state index in [9.17, 15) is 22.8 Å². The molecule has 0 radical (unpaired) electrons. The topological polar surface area (TPSA) is 110 Å². The summed E-state index contributed by atoms with van der Waals surface area (Å²) in [6.45, 7) is 3.60. The molecular formula is C19H26N2O6S. The zero-order chi connectivity index (χ0) is 20.7. The Morgan fingerprint density at radius 3 is 2.43 bits per heavy atom. The molecular weight excluding hydrogens is 384 g/mol. The highest BCUT2D eigenvalue weighted by molar-refractivity contribution is 7.89. The van der Waals surface area contributed by atoms with Crippen molar-refractivity contribution in [3.63, 3.8) is 0 Å². The molecule has 8 nitrogen and oxygen atoms in total. The second kappa shape index (κ2) is 9.79. The number of nitrogens with one attached hydrogen (secondary N) is 1. The highest BCUT2D eigenvalue weighted by atomic mass is 32.2. The molecule has 0 saturated carbocycles. The van der Waals surface area contributed by atoms with Gasteiger partial charge in [0.2, 0.25) is 10.0 Å². The van der Waals surface area contributed by atoms with E-state index in [2.05, 4.69) is 5.32 Å². The first kappa shape index (κ1) is 22.0. The summed E-state index contributed by atoms with van der Waals surface area (Å²) in [4.78, 5) is 34.5. The molecule has 1 aromatic carbocycles. The van der Waals surface area contributed by atoms with Crippen LogP contribution in [0.15, 0.2) is 23.1 Å². The lowest BCUT2D eigenvalue weighted by Crippen LogP contribution is -2.35. The Morgan fingerprint density at radius 1 is 1.11 bits per heavy atom. The fourth-order valence-electron chi connectivity index (χ4n) is 2.83. The van der Waals surface area contributed by atoms with Crippen molar-refractivity contribution in [3.8, 4) is 0 Å². The van der Waals surface area contributed by atoms with Gasteiger partial charge in [0, 0.05) is 25.2 Å². The maximum absolute atomic E-state index is 12.8. The number of amides is 1. The standard InChI is InChI=1S/C19H26N2O6S/c1-14-6-8-16(28(25,26)21-10-4-3-5-11-21)12-17(14)20-18(23)13-27-19(24)9-7-15(2)22/h6,8,12H,3-5,7,9-11,13H2,1-2H3,(H,20,23). The third-order valence-electron chi connectivity index (χ3n) is 4.48. The first-order chi connectivity index (χ1) is 13.2. The molecule has 0 aromatic heterocycles. The minimum Gasteiger partial charge on any atom is -0.456 e. The minimum atomic E-state index is -3.61. The van der Waals surface area contributed by atoms with Crippen molar-refractivity contribution in [2.24, 2.45) is 0 Å². The molecule has 9 heteroatoms. The van der Waals surface area contributed by atoms with E-state index in [1.54, 1.807) is 13.0 Å². The van der Waals surface area contributed by atoms with Gasteiger partial charge in [-0.3, -0.25) is 9.59 Å². The van der Waals surface area contributed by atoms with E-state index in [4.69, 9.17) is 4.74 Å². The first-order valence-electron chi connectivity index (χ1n) is 9.26.